The Morgan fingerprint density at radius 2 is 2.07 bits per heavy atom. The number of carbonyl (C=O) groups excluding carboxylic acids is 2. The molecule has 0 bridgehead atoms. The van der Waals surface area contributed by atoms with E-state index in [0.717, 1.165) is 43.9 Å². The van der Waals surface area contributed by atoms with Crippen molar-refractivity contribution >= 4 is 23.6 Å². The minimum atomic E-state index is -0.205. The molecule has 0 spiro atoms. The molecule has 0 radical (unpaired) electrons. The third-order valence-electron chi connectivity index (χ3n) is 5.37. The zero-order valence-electron chi connectivity index (χ0n) is 16.8. The number of hydrogen-bond donors (Lipinski definition) is 3. The van der Waals surface area contributed by atoms with E-state index >= 15 is 0 Å². The molecule has 10 heteroatoms. The summed E-state index contributed by atoms with van der Waals surface area (Å²) >= 11 is 0. The molecule has 1 saturated heterocycles. The van der Waals surface area contributed by atoms with Gasteiger partial charge in [0.15, 0.2) is 5.82 Å². The third-order valence-corrected chi connectivity index (χ3v) is 5.37. The van der Waals surface area contributed by atoms with Crippen LogP contribution in [0.4, 0.5) is 16.4 Å². The zero-order chi connectivity index (χ0) is 20.4. The lowest BCUT2D eigenvalue weighted by Crippen LogP contribution is -2.46. The Kier molecular flexibility index (Phi) is 5.16. The number of nitrogens with zero attached hydrogens (tertiary/aromatic N) is 4. The third kappa shape index (κ3) is 4.87. The summed E-state index contributed by atoms with van der Waals surface area (Å²) in [6.07, 6.45) is 3.08. The van der Waals surface area contributed by atoms with E-state index in [2.05, 4.69) is 37.8 Å². The Labute approximate surface area is 169 Å². The number of aromatic amines is 1. The van der Waals surface area contributed by atoms with Crippen LogP contribution in [0, 0.1) is 6.92 Å². The zero-order valence-corrected chi connectivity index (χ0v) is 16.8. The first-order valence-corrected chi connectivity index (χ1v) is 10.00. The first-order chi connectivity index (χ1) is 13.9. The first kappa shape index (κ1) is 19.3. The smallest absolute Gasteiger partial charge is 0.317 e. The van der Waals surface area contributed by atoms with Crippen molar-refractivity contribution in [1.82, 2.24) is 25.6 Å². The maximum absolute atomic E-state index is 12.4. The fourth-order valence-corrected chi connectivity index (χ4v) is 3.39. The molecule has 3 heterocycles. The summed E-state index contributed by atoms with van der Waals surface area (Å²) in [6, 6.07) is 3.56. The van der Waals surface area contributed by atoms with Gasteiger partial charge in [-0.25, -0.2) is 4.79 Å². The van der Waals surface area contributed by atoms with Crippen LogP contribution in [0.2, 0.25) is 0 Å². The molecule has 29 heavy (non-hydrogen) atoms. The van der Waals surface area contributed by atoms with Crippen LogP contribution < -0.4 is 15.5 Å². The fourth-order valence-electron chi connectivity index (χ4n) is 3.39. The first-order valence-electron chi connectivity index (χ1n) is 10.00. The van der Waals surface area contributed by atoms with Crippen molar-refractivity contribution in [3.8, 4) is 0 Å². The molecule has 0 aromatic carbocycles. The summed E-state index contributed by atoms with van der Waals surface area (Å²) in [4.78, 5) is 28.6. The van der Waals surface area contributed by atoms with Crippen LogP contribution in [0.15, 0.2) is 16.7 Å². The second-order valence-electron chi connectivity index (χ2n) is 8.12. The van der Waals surface area contributed by atoms with Crippen LogP contribution in [-0.4, -0.2) is 63.9 Å². The summed E-state index contributed by atoms with van der Waals surface area (Å²) in [5.74, 6) is 1.60. The molecular formula is C19H27N7O3. The highest BCUT2D eigenvalue weighted by Gasteiger charge is 2.39. The van der Waals surface area contributed by atoms with E-state index in [4.69, 9.17) is 4.52 Å². The molecule has 0 unspecified atom stereocenters. The van der Waals surface area contributed by atoms with Crippen LogP contribution in [0.1, 0.15) is 37.6 Å². The van der Waals surface area contributed by atoms with Gasteiger partial charge in [-0.3, -0.25) is 9.89 Å². The largest absolute Gasteiger partial charge is 0.361 e. The number of carbonyl (C=O) groups is 2. The molecule has 2 aromatic heterocycles. The van der Waals surface area contributed by atoms with Gasteiger partial charge in [-0.1, -0.05) is 5.16 Å². The topological polar surface area (TPSA) is 119 Å². The van der Waals surface area contributed by atoms with Gasteiger partial charge in [-0.2, -0.15) is 5.10 Å². The molecule has 2 aromatic rings. The minimum absolute atomic E-state index is 0.0111. The van der Waals surface area contributed by atoms with Gasteiger partial charge in [0.2, 0.25) is 5.91 Å². The fraction of sp³-hybridized carbons (Fsp3) is 0.579. The van der Waals surface area contributed by atoms with E-state index in [1.165, 1.54) is 0 Å². The number of anilines is 2. The van der Waals surface area contributed by atoms with Crippen LogP contribution in [0.3, 0.4) is 0 Å². The number of aromatic nitrogens is 3. The van der Waals surface area contributed by atoms with Gasteiger partial charge in [0.25, 0.3) is 0 Å². The van der Waals surface area contributed by atoms with Crippen molar-refractivity contribution < 1.29 is 14.1 Å². The van der Waals surface area contributed by atoms with Crippen molar-refractivity contribution in [2.45, 2.75) is 45.1 Å². The van der Waals surface area contributed by atoms with E-state index in [1.807, 2.05) is 17.9 Å². The Balaban J connectivity index is 1.29. The summed E-state index contributed by atoms with van der Waals surface area (Å²) in [6.45, 7) is 6.75. The summed E-state index contributed by atoms with van der Waals surface area (Å²) in [5.41, 5.74) is 0.731. The van der Waals surface area contributed by atoms with E-state index < -0.39 is 0 Å². The highest BCUT2D eigenvalue weighted by Crippen LogP contribution is 2.34. The van der Waals surface area contributed by atoms with Gasteiger partial charge < -0.3 is 25.0 Å². The number of aryl methyl sites for hydroxylation is 1. The van der Waals surface area contributed by atoms with Gasteiger partial charge in [0.1, 0.15) is 11.6 Å². The molecule has 1 saturated carbocycles. The van der Waals surface area contributed by atoms with Crippen molar-refractivity contribution in [3.05, 3.63) is 23.6 Å². The van der Waals surface area contributed by atoms with E-state index in [-0.39, 0.29) is 23.9 Å². The van der Waals surface area contributed by atoms with E-state index in [9.17, 15) is 9.59 Å². The second kappa shape index (κ2) is 7.76. The van der Waals surface area contributed by atoms with Crippen molar-refractivity contribution in [2.24, 2.45) is 0 Å². The standard InChI is InChI=1S/C19H27N7O3/c1-13-10-14(29-24-13)11-17(27)20-15-12-16(23-22-15)25-6-3-7-26(9-8-25)18(28)21-19(2)4-5-19/h10,12H,3-9,11H2,1-2H3,(H,21,28)(H2,20,22,23,27). The lowest BCUT2D eigenvalue weighted by Gasteiger charge is -2.24. The Hall–Kier alpha value is -3.04. The number of amides is 3. The second-order valence-corrected chi connectivity index (χ2v) is 8.12. The van der Waals surface area contributed by atoms with Crippen molar-refractivity contribution in [2.75, 3.05) is 36.4 Å². The van der Waals surface area contributed by atoms with E-state index in [0.29, 0.717) is 24.7 Å². The molecule has 1 aliphatic heterocycles. The highest BCUT2D eigenvalue weighted by atomic mass is 16.5. The molecule has 3 amide bonds. The van der Waals surface area contributed by atoms with Crippen LogP contribution in [0.5, 0.6) is 0 Å². The molecule has 4 rings (SSSR count). The summed E-state index contributed by atoms with van der Waals surface area (Å²) in [7, 11) is 0. The number of H-pyrrole nitrogens is 1. The summed E-state index contributed by atoms with van der Waals surface area (Å²) < 4.78 is 5.07. The predicted octanol–water partition coefficient (Wildman–Crippen LogP) is 1.66. The lowest BCUT2D eigenvalue weighted by atomic mass is 10.3. The maximum atomic E-state index is 12.4. The van der Waals surface area contributed by atoms with Gasteiger partial charge in [-0.15, -0.1) is 0 Å². The Morgan fingerprint density at radius 3 is 2.79 bits per heavy atom. The molecular weight excluding hydrogens is 374 g/mol. The Morgan fingerprint density at radius 1 is 1.24 bits per heavy atom. The van der Waals surface area contributed by atoms with Gasteiger partial charge in [0.05, 0.1) is 12.1 Å². The highest BCUT2D eigenvalue weighted by molar-refractivity contribution is 5.91. The average Bonchev–Trinajstić information content (AvgIpc) is 3.11. The van der Waals surface area contributed by atoms with Crippen molar-refractivity contribution in [3.63, 3.8) is 0 Å². The monoisotopic (exact) mass is 401 g/mol. The predicted molar refractivity (Wildman–Crippen MR) is 107 cm³/mol. The number of rotatable bonds is 5. The quantitative estimate of drug-likeness (QED) is 0.701. The number of nitrogens with one attached hydrogen (secondary N) is 3. The molecule has 10 nitrogen and oxygen atoms in total. The molecule has 2 fully saturated rings. The van der Waals surface area contributed by atoms with Crippen molar-refractivity contribution in [1.29, 1.82) is 0 Å². The molecule has 0 atom stereocenters. The van der Waals surface area contributed by atoms with Gasteiger partial charge >= 0.3 is 6.03 Å². The van der Waals surface area contributed by atoms with E-state index in [1.54, 1.807) is 6.07 Å². The SMILES string of the molecule is Cc1cc(CC(=O)Nc2cc(N3CCCN(C(=O)NC4(C)CC4)CC3)n[nH]2)on1. The number of urea groups is 1. The molecule has 1 aliphatic carbocycles. The average molecular weight is 401 g/mol. The Bertz CT molecular complexity index is 886. The minimum Gasteiger partial charge on any atom is -0.361 e. The van der Waals surface area contributed by atoms with Gasteiger partial charge in [0, 0.05) is 43.9 Å². The van der Waals surface area contributed by atoms with Crippen LogP contribution >= 0.6 is 0 Å². The van der Waals surface area contributed by atoms with Crippen LogP contribution in [0.25, 0.3) is 0 Å². The number of hydrogen-bond acceptors (Lipinski definition) is 6. The van der Waals surface area contributed by atoms with Crippen LogP contribution in [-0.2, 0) is 11.2 Å². The van der Waals surface area contributed by atoms with Gasteiger partial charge in [-0.05, 0) is 33.1 Å². The molecule has 3 N–H and O–H groups in total. The normalized spacial score (nSPS) is 18.3. The summed E-state index contributed by atoms with van der Waals surface area (Å²) in [5, 5.41) is 16.9. The maximum Gasteiger partial charge on any atom is 0.317 e. The lowest BCUT2D eigenvalue weighted by molar-refractivity contribution is -0.115. The molecule has 156 valence electrons. The molecule has 2 aliphatic rings.